The van der Waals surface area contributed by atoms with E-state index in [0.717, 1.165) is 29.7 Å². The van der Waals surface area contributed by atoms with Crippen molar-refractivity contribution in [2.75, 3.05) is 33.0 Å². The summed E-state index contributed by atoms with van der Waals surface area (Å²) in [7, 11) is -1.48. The molecule has 7 nitrogen and oxygen atoms in total. The molecule has 0 amide bonds. The minimum atomic E-state index is -3.13. The molecule has 3 N–H and O–H groups in total. The second kappa shape index (κ2) is 12.3. The largest absolute Gasteiger partial charge is 0.496 e. The Kier molecular flexibility index (Phi) is 11.8. The van der Waals surface area contributed by atoms with Crippen molar-refractivity contribution in [2.45, 2.75) is 26.8 Å². The minimum absolute atomic E-state index is 0. The number of halogens is 1. The number of guanidine groups is 1. The highest BCUT2D eigenvalue weighted by atomic mass is 127. The molecule has 9 heteroatoms. The predicted octanol–water partition coefficient (Wildman–Crippen LogP) is 1.62. The zero-order chi connectivity index (χ0) is 18.0. The first-order valence-corrected chi connectivity index (χ1v) is 9.85. The van der Waals surface area contributed by atoms with Crippen LogP contribution in [0.3, 0.4) is 0 Å². The van der Waals surface area contributed by atoms with E-state index in [2.05, 4.69) is 20.3 Å². The van der Waals surface area contributed by atoms with E-state index >= 15 is 0 Å². The molecule has 0 saturated carbocycles. The van der Waals surface area contributed by atoms with Crippen LogP contribution in [0, 0.1) is 6.92 Å². The molecule has 0 bridgehead atoms. The summed E-state index contributed by atoms with van der Waals surface area (Å²) in [5.41, 5.74) is 2.15. The van der Waals surface area contributed by atoms with Gasteiger partial charge in [0.05, 0.1) is 19.9 Å². The molecule has 0 heterocycles. The lowest BCUT2D eigenvalue weighted by molar-refractivity contribution is 0.409. The van der Waals surface area contributed by atoms with Gasteiger partial charge in [-0.2, -0.15) is 0 Å². The van der Waals surface area contributed by atoms with Gasteiger partial charge in [-0.1, -0.05) is 12.1 Å². The molecule has 0 fully saturated rings. The van der Waals surface area contributed by atoms with Crippen molar-refractivity contribution in [2.24, 2.45) is 4.99 Å². The van der Waals surface area contributed by atoms with Crippen LogP contribution in [0.5, 0.6) is 5.75 Å². The summed E-state index contributed by atoms with van der Waals surface area (Å²) in [4.78, 5) is 4.54. The van der Waals surface area contributed by atoms with Crippen LogP contribution in [-0.2, 0) is 16.6 Å². The first-order valence-electron chi connectivity index (χ1n) is 7.96. The minimum Gasteiger partial charge on any atom is -0.496 e. The predicted molar refractivity (Wildman–Crippen MR) is 113 cm³/mol. The van der Waals surface area contributed by atoms with Crippen LogP contribution in [0.2, 0.25) is 0 Å². The van der Waals surface area contributed by atoms with Crippen molar-refractivity contribution in [1.82, 2.24) is 15.4 Å². The molecule has 1 aromatic rings. The first-order chi connectivity index (χ1) is 11.4. The van der Waals surface area contributed by atoms with E-state index in [4.69, 9.17) is 4.74 Å². The van der Waals surface area contributed by atoms with Crippen molar-refractivity contribution < 1.29 is 13.2 Å². The number of hydrogen-bond acceptors (Lipinski definition) is 4. The molecular formula is C16H29IN4O3S. The molecule has 0 unspecified atom stereocenters. The third-order valence-corrected chi connectivity index (χ3v) is 3.93. The summed E-state index contributed by atoms with van der Waals surface area (Å²) in [6.45, 7) is 6.29. The Hall–Kier alpha value is -1.07. The number of methoxy groups -OCH3 is 1. The van der Waals surface area contributed by atoms with Crippen LogP contribution in [0.25, 0.3) is 0 Å². The molecule has 1 aromatic carbocycles. The van der Waals surface area contributed by atoms with Crippen LogP contribution < -0.4 is 20.1 Å². The number of hydrogen-bond donors (Lipinski definition) is 3. The summed E-state index contributed by atoms with van der Waals surface area (Å²) >= 11 is 0. The van der Waals surface area contributed by atoms with Crippen molar-refractivity contribution in [3.05, 3.63) is 29.3 Å². The summed E-state index contributed by atoms with van der Waals surface area (Å²) in [6.07, 6.45) is 1.83. The molecule has 0 spiro atoms. The topological polar surface area (TPSA) is 91.8 Å². The Bertz CT molecular complexity index is 651. The Balaban J connectivity index is 0.00000576. The number of rotatable bonds is 9. The molecule has 25 heavy (non-hydrogen) atoms. The molecular weight excluding hydrogens is 455 g/mol. The summed E-state index contributed by atoms with van der Waals surface area (Å²) < 4.78 is 29.8. The fraction of sp³-hybridized carbons (Fsp3) is 0.562. The van der Waals surface area contributed by atoms with Crippen LogP contribution in [-0.4, -0.2) is 47.4 Å². The highest BCUT2D eigenvalue weighted by Crippen LogP contribution is 2.20. The van der Waals surface area contributed by atoms with E-state index in [9.17, 15) is 8.42 Å². The first kappa shape index (κ1) is 23.9. The van der Waals surface area contributed by atoms with E-state index < -0.39 is 10.0 Å². The highest BCUT2D eigenvalue weighted by Gasteiger charge is 2.04. The second-order valence-corrected chi connectivity index (χ2v) is 7.29. The summed E-state index contributed by atoms with van der Waals surface area (Å²) in [6, 6.07) is 6.03. The molecule has 0 saturated heterocycles. The van der Waals surface area contributed by atoms with Gasteiger partial charge in [0.2, 0.25) is 10.0 Å². The van der Waals surface area contributed by atoms with Crippen molar-refractivity contribution in [3.63, 3.8) is 0 Å². The standard InChI is InChI=1S/C16H28N4O3S.HI/c1-5-17-16(18-9-6-10-20-24(4,21)22)19-12-14-8-7-13(2)11-15(14)23-3;/h7-8,11,20H,5-6,9-10,12H2,1-4H3,(H2,17,18,19);1H. The summed E-state index contributed by atoms with van der Waals surface area (Å²) in [5.74, 6) is 1.52. The van der Waals surface area contributed by atoms with Crippen molar-refractivity contribution >= 4 is 40.0 Å². The van der Waals surface area contributed by atoms with Gasteiger partial charge < -0.3 is 15.4 Å². The molecule has 144 valence electrons. The number of nitrogens with one attached hydrogen (secondary N) is 3. The molecule has 0 aliphatic rings. The molecule has 0 aliphatic carbocycles. The van der Waals surface area contributed by atoms with Gasteiger partial charge in [-0.05, 0) is 31.9 Å². The van der Waals surface area contributed by atoms with Crippen molar-refractivity contribution in [1.29, 1.82) is 0 Å². The Morgan fingerprint density at radius 1 is 1.24 bits per heavy atom. The molecule has 0 aliphatic heterocycles. The van der Waals surface area contributed by atoms with E-state index in [1.54, 1.807) is 7.11 Å². The van der Waals surface area contributed by atoms with E-state index in [1.807, 2.05) is 32.0 Å². The number of nitrogens with zero attached hydrogens (tertiary/aromatic N) is 1. The monoisotopic (exact) mass is 484 g/mol. The quantitative estimate of drug-likeness (QED) is 0.215. The van der Waals surface area contributed by atoms with Gasteiger partial charge in [0, 0.05) is 25.2 Å². The number of ether oxygens (including phenoxy) is 1. The number of benzene rings is 1. The second-order valence-electron chi connectivity index (χ2n) is 5.46. The van der Waals surface area contributed by atoms with Crippen LogP contribution >= 0.6 is 24.0 Å². The third kappa shape index (κ3) is 10.5. The van der Waals surface area contributed by atoms with E-state index in [0.29, 0.717) is 32.0 Å². The normalized spacial score (nSPS) is 11.6. The lowest BCUT2D eigenvalue weighted by Gasteiger charge is -2.12. The third-order valence-electron chi connectivity index (χ3n) is 3.20. The zero-order valence-electron chi connectivity index (χ0n) is 15.3. The zero-order valence-corrected chi connectivity index (χ0v) is 18.4. The van der Waals surface area contributed by atoms with E-state index in [1.165, 1.54) is 0 Å². The lowest BCUT2D eigenvalue weighted by Crippen LogP contribution is -2.38. The van der Waals surface area contributed by atoms with E-state index in [-0.39, 0.29) is 24.0 Å². The van der Waals surface area contributed by atoms with Crippen LogP contribution in [0.15, 0.2) is 23.2 Å². The molecule has 0 radical (unpaired) electrons. The highest BCUT2D eigenvalue weighted by molar-refractivity contribution is 14.0. The average Bonchev–Trinajstić information content (AvgIpc) is 2.51. The van der Waals surface area contributed by atoms with Gasteiger partial charge in [0.25, 0.3) is 0 Å². The van der Waals surface area contributed by atoms with Gasteiger partial charge >= 0.3 is 0 Å². The van der Waals surface area contributed by atoms with Gasteiger partial charge in [0.15, 0.2) is 5.96 Å². The maximum absolute atomic E-state index is 11.0. The van der Waals surface area contributed by atoms with Crippen molar-refractivity contribution in [3.8, 4) is 5.75 Å². The molecule has 0 atom stereocenters. The van der Waals surface area contributed by atoms with Gasteiger partial charge in [0.1, 0.15) is 5.75 Å². The maximum Gasteiger partial charge on any atom is 0.208 e. The smallest absolute Gasteiger partial charge is 0.208 e. The fourth-order valence-corrected chi connectivity index (χ4v) is 2.56. The Morgan fingerprint density at radius 2 is 1.96 bits per heavy atom. The Labute approximate surface area is 168 Å². The number of aliphatic imine (C=N–C) groups is 1. The van der Waals surface area contributed by atoms with Gasteiger partial charge in [-0.3, -0.25) is 0 Å². The van der Waals surface area contributed by atoms with Crippen LogP contribution in [0.4, 0.5) is 0 Å². The van der Waals surface area contributed by atoms with Gasteiger partial charge in [-0.25, -0.2) is 18.1 Å². The molecule has 1 rings (SSSR count). The lowest BCUT2D eigenvalue weighted by atomic mass is 10.1. The number of aryl methyl sites for hydroxylation is 1. The maximum atomic E-state index is 11.0. The fourth-order valence-electron chi connectivity index (χ4n) is 2.04. The molecule has 0 aromatic heterocycles. The summed E-state index contributed by atoms with van der Waals surface area (Å²) in [5, 5.41) is 6.36. The van der Waals surface area contributed by atoms with Crippen LogP contribution in [0.1, 0.15) is 24.5 Å². The Morgan fingerprint density at radius 3 is 2.56 bits per heavy atom. The number of sulfonamides is 1. The van der Waals surface area contributed by atoms with Gasteiger partial charge in [-0.15, -0.1) is 24.0 Å². The SMILES string of the molecule is CCNC(=NCc1ccc(C)cc1OC)NCCCNS(C)(=O)=O.I. The average molecular weight is 484 g/mol.